The van der Waals surface area contributed by atoms with E-state index in [0.29, 0.717) is 47.2 Å². The number of aryl methyl sites for hydroxylation is 1. The Bertz CT molecular complexity index is 1070. The zero-order chi connectivity index (χ0) is 21.1. The maximum atomic E-state index is 13.4. The Balaban J connectivity index is 2.33. The molecule has 1 atom stereocenters. The minimum atomic E-state index is -0.754. The molecule has 0 saturated carbocycles. The van der Waals surface area contributed by atoms with Crippen molar-refractivity contribution < 1.29 is 18.9 Å². The van der Waals surface area contributed by atoms with Gasteiger partial charge in [-0.25, -0.2) is 0 Å². The summed E-state index contributed by atoms with van der Waals surface area (Å²) in [4.78, 5) is 13.4. The number of nitriles is 1. The average Bonchev–Trinajstić information content (AvgIpc) is 2.72. The molecule has 0 fully saturated rings. The van der Waals surface area contributed by atoms with Crippen molar-refractivity contribution in [1.29, 1.82) is 5.26 Å². The van der Waals surface area contributed by atoms with E-state index in [1.807, 2.05) is 6.92 Å². The van der Waals surface area contributed by atoms with Gasteiger partial charge in [-0.3, -0.25) is 4.79 Å². The normalized spacial score (nSPS) is 15.3. The molecule has 0 spiro atoms. The van der Waals surface area contributed by atoms with Crippen LogP contribution >= 0.6 is 0 Å². The topological polar surface area (TPSA) is 109 Å². The number of methoxy groups -OCH3 is 3. The molecule has 152 valence electrons. The van der Waals surface area contributed by atoms with Gasteiger partial charge in [0.2, 0.25) is 5.88 Å². The van der Waals surface area contributed by atoms with Crippen LogP contribution in [0.4, 0.5) is 0 Å². The SMILES string of the molecule is COCCn1c(C)cc2c(c1=O)[C@@H](c1cc(OC)ccc1OC)C(C#N)=C(N)O2. The molecule has 2 heterocycles. The van der Waals surface area contributed by atoms with Crippen LogP contribution in [0, 0.1) is 18.3 Å². The summed E-state index contributed by atoms with van der Waals surface area (Å²) < 4.78 is 23.2. The van der Waals surface area contributed by atoms with Crippen molar-refractivity contribution in [3.63, 3.8) is 0 Å². The Morgan fingerprint density at radius 2 is 2.00 bits per heavy atom. The Hall–Kier alpha value is -3.44. The molecular formula is C21H23N3O5. The van der Waals surface area contributed by atoms with Crippen molar-refractivity contribution in [3.8, 4) is 23.3 Å². The Morgan fingerprint density at radius 3 is 2.62 bits per heavy atom. The van der Waals surface area contributed by atoms with Crippen LogP contribution in [0.3, 0.4) is 0 Å². The molecule has 1 aromatic heterocycles. The van der Waals surface area contributed by atoms with E-state index in [1.165, 1.54) is 7.11 Å². The largest absolute Gasteiger partial charge is 0.497 e. The number of allylic oxidation sites excluding steroid dienone is 1. The maximum Gasteiger partial charge on any atom is 0.258 e. The first-order chi connectivity index (χ1) is 14.0. The second-order valence-corrected chi connectivity index (χ2v) is 6.55. The van der Waals surface area contributed by atoms with E-state index in [-0.39, 0.29) is 17.0 Å². The molecular weight excluding hydrogens is 374 g/mol. The number of benzene rings is 1. The smallest absolute Gasteiger partial charge is 0.258 e. The molecule has 8 heteroatoms. The maximum absolute atomic E-state index is 13.4. The number of ether oxygens (including phenoxy) is 4. The number of aromatic nitrogens is 1. The lowest BCUT2D eigenvalue weighted by molar-refractivity contribution is 0.185. The molecule has 0 bridgehead atoms. The van der Waals surface area contributed by atoms with Crippen molar-refractivity contribution in [2.24, 2.45) is 5.73 Å². The van der Waals surface area contributed by atoms with Crippen LogP contribution < -0.4 is 25.5 Å². The van der Waals surface area contributed by atoms with Crippen molar-refractivity contribution in [2.75, 3.05) is 27.9 Å². The van der Waals surface area contributed by atoms with Gasteiger partial charge in [-0.1, -0.05) is 0 Å². The van der Waals surface area contributed by atoms with Gasteiger partial charge in [0.1, 0.15) is 28.9 Å². The predicted octanol–water partition coefficient (Wildman–Crippen LogP) is 2.04. The van der Waals surface area contributed by atoms with E-state index >= 15 is 0 Å². The van der Waals surface area contributed by atoms with Crippen LogP contribution in [0.5, 0.6) is 17.2 Å². The van der Waals surface area contributed by atoms with Crippen LogP contribution in [0.1, 0.15) is 22.7 Å². The second kappa shape index (κ2) is 8.29. The van der Waals surface area contributed by atoms with Gasteiger partial charge in [0.25, 0.3) is 5.56 Å². The summed E-state index contributed by atoms with van der Waals surface area (Å²) in [6, 6.07) is 9.05. The number of nitrogens with zero attached hydrogens (tertiary/aromatic N) is 2. The average molecular weight is 397 g/mol. The summed E-state index contributed by atoms with van der Waals surface area (Å²) in [5.74, 6) is 0.607. The third-order valence-electron chi connectivity index (χ3n) is 4.96. The van der Waals surface area contributed by atoms with Crippen LogP contribution in [0.2, 0.25) is 0 Å². The standard InChI is InChI=1S/C21H23N3O5/c1-12-9-17-19(21(25)24(12)7-8-26-2)18(15(11-22)20(23)29-17)14-10-13(27-3)5-6-16(14)28-4/h5-6,9-10,18H,7-8,23H2,1-4H3/t18-/m0/s1. The quantitative estimate of drug-likeness (QED) is 0.794. The van der Waals surface area contributed by atoms with Gasteiger partial charge in [-0.05, 0) is 25.1 Å². The first-order valence-electron chi connectivity index (χ1n) is 8.99. The van der Waals surface area contributed by atoms with E-state index in [4.69, 9.17) is 24.7 Å². The van der Waals surface area contributed by atoms with Gasteiger partial charge in [0, 0.05) is 31.0 Å². The van der Waals surface area contributed by atoms with E-state index in [9.17, 15) is 10.1 Å². The number of pyridine rings is 1. The molecule has 0 radical (unpaired) electrons. The lowest BCUT2D eigenvalue weighted by Gasteiger charge is -2.28. The molecule has 2 N–H and O–H groups in total. The molecule has 1 aliphatic rings. The highest BCUT2D eigenvalue weighted by Crippen LogP contribution is 2.44. The van der Waals surface area contributed by atoms with E-state index < -0.39 is 5.92 Å². The highest BCUT2D eigenvalue weighted by molar-refractivity contribution is 5.59. The highest BCUT2D eigenvalue weighted by atomic mass is 16.5. The van der Waals surface area contributed by atoms with E-state index in [2.05, 4.69) is 6.07 Å². The Morgan fingerprint density at radius 1 is 1.24 bits per heavy atom. The lowest BCUT2D eigenvalue weighted by atomic mass is 9.83. The van der Waals surface area contributed by atoms with Crippen LogP contribution in [-0.2, 0) is 11.3 Å². The van der Waals surface area contributed by atoms with Crippen molar-refractivity contribution in [1.82, 2.24) is 4.57 Å². The van der Waals surface area contributed by atoms with Gasteiger partial charge in [0.15, 0.2) is 0 Å². The van der Waals surface area contributed by atoms with Crippen LogP contribution in [0.15, 0.2) is 40.5 Å². The molecule has 8 nitrogen and oxygen atoms in total. The number of rotatable bonds is 6. The number of fused-ring (bicyclic) bond motifs is 1. The first-order valence-corrected chi connectivity index (χ1v) is 8.99. The van der Waals surface area contributed by atoms with E-state index in [0.717, 1.165) is 0 Å². The number of hydrogen-bond donors (Lipinski definition) is 1. The predicted molar refractivity (Wildman–Crippen MR) is 106 cm³/mol. The minimum absolute atomic E-state index is 0.0386. The summed E-state index contributed by atoms with van der Waals surface area (Å²) in [6.07, 6.45) is 0. The van der Waals surface area contributed by atoms with Crippen LogP contribution in [-0.4, -0.2) is 32.5 Å². The number of hydrogen-bond acceptors (Lipinski definition) is 7. The molecule has 0 aliphatic carbocycles. The molecule has 0 unspecified atom stereocenters. The number of nitrogens with two attached hydrogens (primary N) is 1. The molecule has 0 saturated heterocycles. The fraction of sp³-hybridized carbons (Fsp3) is 0.333. The summed E-state index contributed by atoms with van der Waals surface area (Å²) in [5.41, 5.74) is 7.54. The van der Waals surface area contributed by atoms with Gasteiger partial charge >= 0.3 is 0 Å². The van der Waals surface area contributed by atoms with Crippen LogP contribution in [0.25, 0.3) is 0 Å². The van der Waals surface area contributed by atoms with Gasteiger partial charge < -0.3 is 29.2 Å². The minimum Gasteiger partial charge on any atom is -0.497 e. The summed E-state index contributed by atoms with van der Waals surface area (Å²) >= 11 is 0. The third kappa shape index (κ3) is 3.52. The first kappa shape index (κ1) is 20.3. The van der Waals surface area contributed by atoms with Gasteiger partial charge in [-0.15, -0.1) is 0 Å². The third-order valence-corrected chi connectivity index (χ3v) is 4.96. The van der Waals surface area contributed by atoms with Crippen molar-refractivity contribution in [3.05, 3.63) is 62.9 Å². The fourth-order valence-corrected chi connectivity index (χ4v) is 3.52. The highest BCUT2D eigenvalue weighted by Gasteiger charge is 2.36. The van der Waals surface area contributed by atoms with Gasteiger partial charge in [0.05, 0.1) is 32.3 Å². The Kier molecular flexibility index (Phi) is 5.80. The molecule has 0 amide bonds. The molecule has 29 heavy (non-hydrogen) atoms. The summed E-state index contributed by atoms with van der Waals surface area (Å²) in [6.45, 7) is 2.55. The second-order valence-electron chi connectivity index (χ2n) is 6.55. The lowest BCUT2D eigenvalue weighted by Crippen LogP contribution is -2.33. The molecule has 1 aliphatic heterocycles. The van der Waals surface area contributed by atoms with Gasteiger partial charge in [-0.2, -0.15) is 5.26 Å². The zero-order valence-corrected chi connectivity index (χ0v) is 16.8. The molecule has 3 rings (SSSR count). The van der Waals surface area contributed by atoms with Crippen molar-refractivity contribution in [2.45, 2.75) is 19.4 Å². The summed E-state index contributed by atoms with van der Waals surface area (Å²) in [5, 5.41) is 9.80. The summed E-state index contributed by atoms with van der Waals surface area (Å²) in [7, 11) is 4.64. The molecule has 2 aromatic rings. The monoisotopic (exact) mass is 397 g/mol. The van der Waals surface area contributed by atoms with E-state index in [1.54, 1.807) is 43.1 Å². The molecule has 1 aromatic carbocycles. The fourth-order valence-electron chi connectivity index (χ4n) is 3.52. The zero-order valence-electron chi connectivity index (χ0n) is 16.8. The van der Waals surface area contributed by atoms with Crippen molar-refractivity contribution >= 4 is 0 Å². The Labute approximate surface area is 168 Å².